The predicted octanol–water partition coefficient (Wildman–Crippen LogP) is 18.3. The van der Waals surface area contributed by atoms with Crippen LogP contribution >= 0.6 is 16.1 Å². The molecule has 70 heavy (non-hydrogen) atoms. The average Bonchev–Trinajstić information content (AvgIpc) is 3.38. The van der Waals surface area contributed by atoms with Crippen LogP contribution in [0.15, 0.2) is 97.1 Å². The van der Waals surface area contributed by atoms with E-state index >= 15 is 0 Å². The van der Waals surface area contributed by atoms with E-state index in [1.807, 2.05) is 0 Å². The number of unbranched alkanes of at least 4 members (excludes halogenated alkanes) is 9. The molecule has 6 heteroatoms. The van der Waals surface area contributed by atoms with Crippen LogP contribution in [0.25, 0.3) is 0 Å². The summed E-state index contributed by atoms with van der Waals surface area (Å²) in [5.41, 5.74) is 1.45. The SMILES string of the molecule is CCCC[Si](CCCC)(CCCC)c1cccc(P(c2cccc([Si](CCCC)(CCCC)CCCC)c2)N(C(C)C)P(c2cccc([Si](CCCC)(CCCC)CCCC)c2)c2ccccc2C)c1. The summed E-state index contributed by atoms with van der Waals surface area (Å²) in [5.74, 6) is 0. The molecule has 4 aromatic carbocycles. The van der Waals surface area contributed by atoms with Crippen molar-refractivity contribution < 1.29 is 0 Å². The van der Waals surface area contributed by atoms with Gasteiger partial charge in [0.05, 0.1) is 24.2 Å². The highest BCUT2D eigenvalue weighted by molar-refractivity contribution is 7.84. The Kier molecular flexibility index (Phi) is 28.4. The zero-order valence-corrected chi connectivity index (χ0v) is 52.5. The molecule has 0 aliphatic carbocycles. The summed E-state index contributed by atoms with van der Waals surface area (Å²) in [6.07, 6.45) is 24.0. The molecular formula is C64H107NP2Si3. The lowest BCUT2D eigenvalue weighted by atomic mass is 10.2. The van der Waals surface area contributed by atoms with E-state index in [-0.39, 0.29) is 0 Å². The molecule has 0 bridgehead atoms. The van der Waals surface area contributed by atoms with E-state index in [1.54, 1.807) is 36.8 Å². The van der Waals surface area contributed by atoms with Crippen molar-refractivity contribution in [3.63, 3.8) is 0 Å². The Morgan fingerprint density at radius 1 is 0.357 bits per heavy atom. The zero-order valence-electron chi connectivity index (χ0n) is 47.7. The lowest BCUT2D eigenvalue weighted by molar-refractivity contribution is 0.583. The Bertz CT molecular complexity index is 1890. The van der Waals surface area contributed by atoms with Crippen molar-refractivity contribution in [2.75, 3.05) is 0 Å². The molecule has 0 aliphatic rings. The van der Waals surface area contributed by atoms with Crippen LogP contribution in [0.3, 0.4) is 0 Å². The van der Waals surface area contributed by atoms with Crippen LogP contribution in [0.1, 0.15) is 197 Å². The molecule has 4 aromatic rings. The van der Waals surface area contributed by atoms with E-state index in [0.29, 0.717) is 6.04 Å². The van der Waals surface area contributed by atoms with Gasteiger partial charge in [0.15, 0.2) is 0 Å². The van der Waals surface area contributed by atoms with E-state index in [1.165, 1.54) is 176 Å². The average molecular weight is 1040 g/mol. The minimum atomic E-state index is -1.78. The Hall–Kier alpha value is -1.65. The molecule has 0 N–H and O–H groups in total. The molecule has 0 aliphatic heterocycles. The second-order valence-corrected chi connectivity index (χ2v) is 40.6. The van der Waals surface area contributed by atoms with Gasteiger partial charge in [-0.3, -0.25) is 0 Å². The van der Waals surface area contributed by atoms with Gasteiger partial charge in [-0.05, 0) is 47.6 Å². The molecule has 0 fully saturated rings. The van der Waals surface area contributed by atoms with Crippen molar-refractivity contribution in [2.24, 2.45) is 0 Å². The summed E-state index contributed by atoms with van der Waals surface area (Å²) in [4.78, 5) is 0. The summed E-state index contributed by atoms with van der Waals surface area (Å²) in [5, 5.41) is 11.7. The summed E-state index contributed by atoms with van der Waals surface area (Å²) < 4.78 is 3.17. The van der Waals surface area contributed by atoms with Gasteiger partial charge in [-0.2, -0.15) is 0 Å². The molecular weight excluding hydrogens is 929 g/mol. The predicted molar refractivity (Wildman–Crippen MR) is 333 cm³/mol. The molecule has 0 heterocycles. The van der Waals surface area contributed by atoms with Crippen molar-refractivity contribution in [1.29, 1.82) is 0 Å². The molecule has 4 rings (SSSR count). The maximum absolute atomic E-state index is 3.17. The van der Waals surface area contributed by atoms with Crippen LogP contribution in [0.5, 0.6) is 0 Å². The highest BCUT2D eigenvalue weighted by Gasteiger charge is 2.40. The van der Waals surface area contributed by atoms with Crippen molar-refractivity contribution in [2.45, 2.75) is 259 Å². The first-order chi connectivity index (χ1) is 34.0. The lowest BCUT2D eigenvalue weighted by Gasteiger charge is -2.43. The molecule has 0 saturated carbocycles. The number of nitrogens with zero attached hydrogens (tertiary/aromatic N) is 1. The number of hydrogen-bond acceptors (Lipinski definition) is 1. The zero-order chi connectivity index (χ0) is 50.8. The normalized spacial score (nSPS) is 13.0. The second-order valence-electron chi connectivity index (χ2n) is 22.2. The lowest BCUT2D eigenvalue weighted by Crippen LogP contribution is -2.50. The van der Waals surface area contributed by atoms with Crippen LogP contribution in [0, 0.1) is 6.92 Å². The first kappa shape index (κ1) is 60.9. The minimum absolute atomic E-state index is 0.347. The fourth-order valence-corrected chi connectivity index (χ4v) is 35.8. The minimum Gasteiger partial charge on any atom is -0.242 e. The van der Waals surface area contributed by atoms with Crippen LogP contribution < -0.4 is 36.8 Å². The third kappa shape index (κ3) is 16.7. The van der Waals surface area contributed by atoms with E-state index in [0.717, 1.165) is 0 Å². The monoisotopic (exact) mass is 1040 g/mol. The Labute approximate surface area is 440 Å². The van der Waals surface area contributed by atoms with Crippen molar-refractivity contribution in [3.8, 4) is 0 Å². The van der Waals surface area contributed by atoms with Gasteiger partial charge in [-0.1, -0.05) is 345 Å². The molecule has 1 nitrogen and oxygen atoms in total. The molecule has 1 unspecified atom stereocenters. The Balaban J connectivity index is 2.19. The number of rotatable bonds is 37. The number of aryl methyl sites for hydroxylation is 1. The van der Waals surface area contributed by atoms with Crippen LogP contribution in [-0.4, -0.2) is 34.7 Å². The fourth-order valence-electron chi connectivity index (χ4n) is 12.1. The highest BCUT2D eigenvalue weighted by atomic mass is 31.2. The maximum Gasteiger partial charge on any atom is 0.0867 e. The van der Waals surface area contributed by atoms with Crippen molar-refractivity contribution >= 4 is 77.1 Å². The van der Waals surface area contributed by atoms with Gasteiger partial charge in [0.2, 0.25) is 0 Å². The third-order valence-corrected chi connectivity index (χ3v) is 38.9. The van der Waals surface area contributed by atoms with Gasteiger partial charge in [-0.25, -0.2) is 4.44 Å². The van der Waals surface area contributed by atoms with Crippen LogP contribution in [0.4, 0.5) is 0 Å². The number of benzene rings is 4. The number of hydrogen-bond donors (Lipinski definition) is 0. The van der Waals surface area contributed by atoms with E-state index in [9.17, 15) is 0 Å². The molecule has 390 valence electrons. The molecule has 0 spiro atoms. The third-order valence-electron chi connectivity index (χ3n) is 16.4. The van der Waals surface area contributed by atoms with E-state index in [2.05, 4.69) is 185 Å². The first-order valence-corrected chi connectivity index (χ1v) is 40.2. The molecule has 0 aromatic heterocycles. The standard InChI is InChI=1S/C64H107NP2Si3/c1-13-22-44-68(45-23-14-2,46-24-15-3)61-40-33-37-58(53-61)66(59-38-34-41-62(54-59)69(47-25-16-4,48-26-17-5)49-27-18-6)65(56(10)11)67(64-43-32-31-36-57(64)12)60-39-35-42-63(55-60)70(50-28-19-7,51-29-20-8)52-30-21-9/h31-43,53-56H,13-30,44-52H2,1-12H3. The van der Waals surface area contributed by atoms with Crippen molar-refractivity contribution in [3.05, 3.63) is 103 Å². The molecule has 0 amide bonds. The smallest absolute Gasteiger partial charge is 0.0867 e. The second kappa shape index (κ2) is 32.6. The van der Waals surface area contributed by atoms with E-state index < -0.39 is 40.4 Å². The topological polar surface area (TPSA) is 3.24 Å². The van der Waals surface area contributed by atoms with E-state index in [4.69, 9.17) is 0 Å². The van der Waals surface area contributed by atoms with Gasteiger partial charge >= 0.3 is 0 Å². The quantitative estimate of drug-likeness (QED) is 0.0321. The highest BCUT2D eigenvalue weighted by Crippen LogP contribution is 2.56. The molecule has 0 radical (unpaired) electrons. The van der Waals surface area contributed by atoms with Gasteiger partial charge in [-0.15, -0.1) is 0 Å². The van der Waals surface area contributed by atoms with Gasteiger partial charge in [0.25, 0.3) is 0 Å². The Morgan fingerprint density at radius 3 is 0.886 bits per heavy atom. The summed E-state index contributed by atoms with van der Waals surface area (Å²) in [7, 11) is -7.11. The van der Waals surface area contributed by atoms with Gasteiger partial charge < -0.3 is 0 Å². The largest absolute Gasteiger partial charge is 0.242 e. The summed E-state index contributed by atoms with van der Waals surface area (Å²) >= 11 is 0. The van der Waals surface area contributed by atoms with Crippen LogP contribution in [0.2, 0.25) is 54.4 Å². The summed E-state index contributed by atoms with van der Waals surface area (Å²) in [6, 6.07) is 54.8. The van der Waals surface area contributed by atoms with Crippen LogP contribution in [-0.2, 0) is 0 Å². The molecule has 1 atom stereocenters. The van der Waals surface area contributed by atoms with Gasteiger partial charge in [0.1, 0.15) is 0 Å². The van der Waals surface area contributed by atoms with Gasteiger partial charge in [0, 0.05) is 22.2 Å². The first-order valence-electron chi connectivity index (χ1n) is 29.8. The fraction of sp³-hybridized carbons (Fsp3) is 0.625. The summed E-state index contributed by atoms with van der Waals surface area (Å²) in [6.45, 7) is 29.4. The molecule has 0 saturated heterocycles. The Morgan fingerprint density at radius 2 is 0.629 bits per heavy atom. The maximum atomic E-state index is 3.17. The van der Waals surface area contributed by atoms with Crippen molar-refractivity contribution in [1.82, 2.24) is 4.44 Å².